The van der Waals surface area contributed by atoms with E-state index in [2.05, 4.69) is 50.5 Å². The summed E-state index contributed by atoms with van der Waals surface area (Å²) >= 11 is 5.48. The lowest BCUT2D eigenvalue weighted by atomic mass is 9.92. The molecule has 2 N–H and O–H groups in total. The number of thiocarbonyl (C=S) groups is 1. The highest BCUT2D eigenvalue weighted by Crippen LogP contribution is 2.28. The molecule has 1 aliphatic rings. The fourth-order valence-corrected chi connectivity index (χ4v) is 3.06. The smallest absolute Gasteiger partial charge is 0.171 e. The maximum atomic E-state index is 5.48. The van der Waals surface area contributed by atoms with E-state index in [0.29, 0.717) is 12.0 Å². The highest BCUT2D eigenvalue weighted by molar-refractivity contribution is 7.80. The molecule has 0 saturated heterocycles. The van der Waals surface area contributed by atoms with Crippen molar-refractivity contribution in [2.24, 2.45) is 5.92 Å². The molecule has 0 atom stereocenters. The van der Waals surface area contributed by atoms with Gasteiger partial charge < -0.3 is 10.6 Å². The largest absolute Gasteiger partial charge is 0.360 e. The predicted octanol–water partition coefficient (Wildman–Crippen LogP) is 4.46. The standard InChI is InChI=1S/C18H28N2S/c1-5-13-7-8-14(11-12(3)4)16(6-2)17(13)20-18(21)19-15-9-10-15/h7-8,12,15H,5-6,9-11H2,1-4H3,(H2,19,20,21). The van der Waals surface area contributed by atoms with Gasteiger partial charge in [-0.3, -0.25) is 0 Å². The second-order valence-corrected chi connectivity index (χ2v) is 6.82. The Morgan fingerprint density at radius 3 is 2.38 bits per heavy atom. The molecular formula is C18H28N2S. The first kappa shape index (κ1) is 16.3. The fourth-order valence-electron chi connectivity index (χ4n) is 2.79. The molecule has 2 nitrogen and oxygen atoms in total. The number of aryl methyl sites for hydroxylation is 1. The van der Waals surface area contributed by atoms with E-state index in [4.69, 9.17) is 12.2 Å². The van der Waals surface area contributed by atoms with E-state index in [1.807, 2.05) is 0 Å². The van der Waals surface area contributed by atoms with Crippen LogP contribution in [-0.4, -0.2) is 11.2 Å². The van der Waals surface area contributed by atoms with Crippen LogP contribution in [0.4, 0.5) is 5.69 Å². The molecule has 0 spiro atoms. The second-order valence-electron chi connectivity index (χ2n) is 6.42. The van der Waals surface area contributed by atoms with Gasteiger partial charge in [-0.1, -0.05) is 39.8 Å². The van der Waals surface area contributed by atoms with Gasteiger partial charge in [0.1, 0.15) is 0 Å². The zero-order valence-electron chi connectivity index (χ0n) is 13.8. The van der Waals surface area contributed by atoms with Crippen LogP contribution in [0.15, 0.2) is 12.1 Å². The van der Waals surface area contributed by atoms with E-state index < -0.39 is 0 Å². The van der Waals surface area contributed by atoms with Gasteiger partial charge >= 0.3 is 0 Å². The monoisotopic (exact) mass is 304 g/mol. The Bertz CT molecular complexity index is 504. The number of hydrogen-bond acceptors (Lipinski definition) is 1. The van der Waals surface area contributed by atoms with Crippen molar-refractivity contribution in [2.75, 3.05) is 5.32 Å². The number of rotatable bonds is 6. The quantitative estimate of drug-likeness (QED) is 0.759. The molecule has 3 heteroatoms. The SMILES string of the molecule is CCc1ccc(CC(C)C)c(CC)c1NC(=S)NC1CC1. The van der Waals surface area contributed by atoms with Crippen LogP contribution in [0.5, 0.6) is 0 Å². The predicted molar refractivity (Wildman–Crippen MR) is 96.1 cm³/mol. The van der Waals surface area contributed by atoms with Gasteiger partial charge in [0, 0.05) is 11.7 Å². The molecule has 2 rings (SSSR count). The van der Waals surface area contributed by atoms with E-state index in [1.54, 1.807) is 0 Å². The van der Waals surface area contributed by atoms with Crippen LogP contribution < -0.4 is 10.6 Å². The van der Waals surface area contributed by atoms with Gasteiger partial charge in [0.2, 0.25) is 0 Å². The van der Waals surface area contributed by atoms with Crippen molar-refractivity contribution in [3.05, 3.63) is 28.8 Å². The van der Waals surface area contributed by atoms with Crippen molar-refractivity contribution in [1.29, 1.82) is 0 Å². The molecule has 1 fully saturated rings. The molecule has 0 unspecified atom stereocenters. The number of nitrogens with one attached hydrogen (secondary N) is 2. The first-order valence-electron chi connectivity index (χ1n) is 8.26. The first-order valence-corrected chi connectivity index (χ1v) is 8.67. The minimum Gasteiger partial charge on any atom is -0.360 e. The summed E-state index contributed by atoms with van der Waals surface area (Å²) in [6, 6.07) is 5.16. The number of benzene rings is 1. The Kier molecular flexibility index (Phi) is 5.63. The molecule has 21 heavy (non-hydrogen) atoms. The Morgan fingerprint density at radius 2 is 1.86 bits per heavy atom. The van der Waals surface area contributed by atoms with Gasteiger partial charge in [0.25, 0.3) is 0 Å². The summed E-state index contributed by atoms with van der Waals surface area (Å²) in [4.78, 5) is 0. The van der Waals surface area contributed by atoms with Gasteiger partial charge in [0.05, 0.1) is 0 Å². The third-order valence-electron chi connectivity index (χ3n) is 4.01. The number of anilines is 1. The second kappa shape index (κ2) is 7.26. The van der Waals surface area contributed by atoms with Crippen LogP contribution in [0.1, 0.15) is 57.2 Å². The van der Waals surface area contributed by atoms with E-state index in [1.165, 1.54) is 35.2 Å². The van der Waals surface area contributed by atoms with E-state index >= 15 is 0 Å². The Balaban J connectivity index is 2.27. The maximum Gasteiger partial charge on any atom is 0.171 e. The lowest BCUT2D eigenvalue weighted by Gasteiger charge is -2.20. The van der Waals surface area contributed by atoms with Gasteiger partial charge in [-0.2, -0.15) is 0 Å². The average molecular weight is 305 g/mol. The Hall–Kier alpha value is -1.09. The van der Waals surface area contributed by atoms with Gasteiger partial charge in [0.15, 0.2) is 5.11 Å². The topological polar surface area (TPSA) is 24.1 Å². The summed E-state index contributed by atoms with van der Waals surface area (Å²) in [5.41, 5.74) is 5.50. The molecular weight excluding hydrogens is 276 g/mol. The lowest BCUT2D eigenvalue weighted by Crippen LogP contribution is -2.31. The molecule has 0 amide bonds. The van der Waals surface area contributed by atoms with Crippen LogP contribution in [0, 0.1) is 5.92 Å². The Labute approximate surface area is 134 Å². The minimum absolute atomic E-state index is 0.596. The van der Waals surface area contributed by atoms with Crippen molar-refractivity contribution in [1.82, 2.24) is 5.32 Å². The van der Waals surface area contributed by atoms with E-state index in [9.17, 15) is 0 Å². The molecule has 1 saturated carbocycles. The fraction of sp³-hybridized carbons (Fsp3) is 0.611. The molecule has 1 aliphatic carbocycles. The van der Waals surface area contributed by atoms with E-state index in [0.717, 1.165) is 24.4 Å². The van der Waals surface area contributed by atoms with Gasteiger partial charge in [-0.25, -0.2) is 0 Å². The number of hydrogen-bond donors (Lipinski definition) is 2. The highest BCUT2D eigenvalue weighted by atomic mass is 32.1. The van der Waals surface area contributed by atoms with Crippen LogP contribution in [0.2, 0.25) is 0 Å². The average Bonchev–Trinajstić information content (AvgIpc) is 3.22. The van der Waals surface area contributed by atoms with Crippen LogP contribution in [0.3, 0.4) is 0 Å². The summed E-state index contributed by atoms with van der Waals surface area (Å²) in [6.45, 7) is 9.00. The van der Waals surface area contributed by atoms with Gasteiger partial charge in [-0.15, -0.1) is 0 Å². The Morgan fingerprint density at radius 1 is 1.19 bits per heavy atom. The molecule has 0 radical (unpaired) electrons. The van der Waals surface area contributed by atoms with Crippen LogP contribution in [-0.2, 0) is 19.3 Å². The third kappa shape index (κ3) is 4.44. The highest BCUT2D eigenvalue weighted by Gasteiger charge is 2.22. The van der Waals surface area contributed by atoms with Crippen molar-refractivity contribution < 1.29 is 0 Å². The molecule has 0 bridgehead atoms. The molecule has 0 heterocycles. The summed E-state index contributed by atoms with van der Waals surface area (Å²) in [5.74, 6) is 0.673. The van der Waals surface area contributed by atoms with Gasteiger partial charge in [-0.05, 0) is 66.9 Å². The molecule has 0 aromatic heterocycles. The zero-order valence-corrected chi connectivity index (χ0v) is 14.6. The van der Waals surface area contributed by atoms with Crippen LogP contribution >= 0.6 is 12.2 Å². The van der Waals surface area contributed by atoms with Crippen molar-refractivity contribution in [2.45, 2.75) is 65.8 Å². The summed E-state index contributed by atoms with van der Waals surface area (Å²) in [7, 11) is 0. The third-order valence-corrected chi connectivity index (χ3v) is 4.23. The zero-order chi connectivity index (χ0) is 15.4. The molecule has 1 aromatic carbocycles. The van der Waals surface area contributed by atoms with Crippen LogP contribution in [0.25, 0.3) is 0 Å². The lowest BCUT2D eigenvalue weighted by molar-refractivity contribution is 0.643. The van der Waals surface area contributed by atoms with Crippen molar-refractivity contribution in [3.63, 3.8) is 0 Å². The van der Waals surface area contributed by atoms with Crippen molar-refractivity contribution >= 4 is 23.0 Å². The summed E-state index contributed by atoms with van der Waals surface area (Å²) < 4.78 is 0. The maximum absolute atomic E-state index is 5.48. The molecule has 1 aromatic rings. The van der Waals surface area contributed by atoms with E-state index in [-0.39, 0.29) is 0 Å². The van der Waals surface area contributed by atoms with Crippen molar-refractivity contribution in [3.8, 4) is 0 Å². The minimum atomic E-state index is 0.596. The molecule has 116 valence electrons. The first-order chi connectivity index (χ1) is 10.0. The normalized spacial score (nSPS) is 14.3. The summed E-state index contributed by atoms with van der Waals surface area (Å²) in [5, 5.41) is 7.65. The molecule has 0 aliphatic heterocycles. The summed E-state index contributed by atoms with van der Waals surface area (Å²) in [6.07, 6.45) is 5.70.